The first-order valence-electron chi connectivity index (χ1n) is 4.80. The molecule has 13 heavy (non-hydrogen) atoms. The number of rotatable bonds is 2. The summed E-state index contributed by atoms with van der Waals surface area (Å²) in [4.78, 5) is 11.2. The molecule has 4 heteroatoms. The molecule has 2 rings (SSSR count). The van der Waals surface area contributed by atoms with E-state index in [1.165, 1.54) is 17.9 Å². The molecule has 1 saturated heterocycles. The molecular weight excluding hydrogens is 166 g/mol. The third-order valence-electron chi connectivity index (χ3n) is 2.60. The number of carbonyl (C=O) groups is 1. The maximum Gasteiger partial charge on any atom is 0.337 e. The maximum absolute atomic E-state index is 11.2. The molecule has 0 spiro atoms. The van der Waals surface area contributed by atoms with Gasteiger partial charge in [0.05, 0.1) is 0 Å². The topological polar surface area (TPSA) is 44.7 Å². The molecule has 2 aliphatic rings. The molecule has 2 fully saturated rings. The van der Waals surface area contributed by atoms with Crippen molar-refractivity contribution in [3.8, 4) is 0 Å². The summed E-state index contributed by atoms with van der Waals surface area (Å²) in [6, 6.07) is -0.0632. The van der Waals surface area contributed by atoms with Gasteiger partial charge in [-0.05, 0) is 19.3 Å². The first kappa shape index (κ1) is 8.53. The van der Waals surface area contributed by atoms with E-state index >= 15 is 0 Å². The van der Waals surface area contributed by atoms with Crippen LogP contribution in [0.4, 0.5) is 4.79 Å². The van der Waals surface area contributed by atoms with Crippen molar-refractivity contribution in [2.75, 3.05) is 13.1 Å². The first-order chi connectivity index (χ1) is 6.20. The summed E-state index contributed by atoms with van der Waals surface area (Å²) in [6.07, 6.45) is 5.30. The third kappa shape index (κ3) is 1.99. The van der Waals surface area contributed by atoms with Crippen LogP contribution in [-0.2, 0) is 0 Å². The SMILES string of the molecule is CC1(/C=N/N2CCCNC2=O)CC1. The second kappa shape index (κ2) is 3.01. The molecule has 0 atom stereocenters. The second-order valence-electron chi connectivity index (χ2n) is 4.11. The summed E-state index contributed by atoms with van der Waals surface area (Å²) in [7, 11) is 0. The Kier molecular flexibility index (Phi) is 1.98. The molecule has 1 saturated carbocycles. The van der Waals surface area contributed by atoms with Crippen molar-refractivity contribution >= 4 is 12.2 Å². The Morgan fingerprint density at radius 3 is 3.00 bits per heavy atom. The van der Waals surface area contributed by atoms with Crippen LogP contribution in [0.5, 0.6) is 0 Å². The van der Waals surface area contributed by atoms with E-state index in [1.54, 1.807) is 0 Å². The molecule has 0 radical (unpaired) electrons. The minimum atomic E-state index is -0.0632. The monoisotopic (exact) mass is 181 g/mol. The van der Waals surface area contributed by atoms with E-state index in [4.69, 9.17) is 0 Å². The van der Waals surface area contributed by atoms with Gasteiger partial charge in [0.2, 0.25) is 0 Å². The lowest BCUT2D eigenvalue weighted by Crippen LogP contribution is -2.43. The van der Waals surface area contributed by atoms with Gasteiger partial charge in [-0.1, -0.05) is 6.92 Å². The van der Waals surface area contributed by atoms with E-state index in [0.29, 0.717) is 0 Å². The predicted molar refractivity (Wildman–Crippen MR) is 50.6 cm³/mol. The summed E-state index contributed by atoms with van der Waals surface area (Å²) >= 11 is 0. The van der Waals surface area contributed by atoms with Crippen LogP contribution in [0.3, 0.4) is 0 Å². The maximum atomic E-state index is 11.2. The molecular formula is C9H15N3O. The molecule has 0 unspecified atom stereocenters. The van der Waals surface area contributed by atoms with Gasteiger partial charge in [0.15, 0.2) is 0 Å². The van der Waals surface area contributed by atoms with Crippen LogP contribution in [0, 0.1) is 5.41 Å². The average molecular weight is 181 g/mol. The number of carbonyl (C=O) groups excluding carboxylic acids is 1. The Labute approximate surface area is 78.0 Å². The Hall–Kier alpha value is -1.06. The summed E-state index contributed by atoms with van der Waals surface area (Å²) < 4.78 is 0. The van der Waals surface area contributed by atoms with Crippen LogP contribution in [-0.4, -0.2) is 30.3 Å². The number of hydrazone groups is 1. The summed E-state index contributed by atoms with van der Waals surface area (Å²) in [5.41, 5.74) is 0.276. The van der Waals surface area contributed by atoms with Crippen molar-refractivity contribution in [3.63, 3.8) is 0 Å². The molecule has 72 valence electrons. The number of amides is 2. The lowest BCUT2D eigenvalue weighted by molar-refractivity contribution is 0.189. The Morgan fingerprint density at radius 1 is 1.62 bits per heavy atom. The van der Waals surface area contributed by atoms with E-state index in [9.17, 15) is 4.79 Å². The number of urea groups is 1. The fraction of sp³-hybridized carbons (Fsp3) is 0.778. The van der Waals surface area contributed by atoms with Crippen molar-refractivity contribution in [2.24, 2.45) is 10.5 Å². The van der Waals surface area contributed by atoms with Crippen molar-refractivity contribution < 1.29 is 4.79 Å². The fourth-order valence-corrected chi connectivity index (χ4v) is 1.26. The number of nitrogens with zero attached hydrogens (tertiary/aromatic N) is 2. The molecule has 0 aromatic heterocycles. The largest absolute Gasteiger partial charge is 0.337 e. The van der Waals surface area contributed by atoms with Crippen LogP contribution < -0.4 is 5.32 Å². The average Bonchev–Trinajstić information content (AvgIpc) is 2.83. The van der Waals surface area contributed by atoms with Gasteiger partial charge in [-0.25, -0.2) is 9.80 Å². The standard InChI is InChI=1S/C9H15N3O/c1-9(3-4-9)7-11-12-6-2-5-10-8(12)13/h7H,2-6H2,1H3,(H,10,13)/b11-7+. The van der Waals surface area contributed by atoms with Crippen molar-refractivity contribution in [3.05, 3.63) is 0 Å². The first-order valence-corrected chi connectivity index (χ1v) is 4.80. The Bertz CT molecular complexity index is 245. The molecule has 4 nitrogen and oxygen atoms in total. The van der Waals surface area contributed by atoms with Crippen LogP contribution >= 0.6 is 0 Å². The van der Waals surface area contributed by atoms with E-state index < -0.39 is 0 Å². The van der Waals surface area contributed by atoms with Crippen LogP contribution in [0.2, 0.25) is 0 Å². The third-order valence-corrected chi connectivity index (χ3v) is 2.60. The normalized spacial score (nSPS) is 26.2. The van der Waals surface area contributed by atoms with E-state index in [-0.39, 0.29) is 11.4 Å². The van der Waals surface area contributed by atoms with E-state index in [2.05, 4.69) is 17.3 Å². The molecule has 1 N–H and O–H groups in total. The smallest absolute Gasteiger partial charge is 0.336 e. The van der Waals surface area contributed by atoms with E-state index in [1.807, 2.05) is 6.21 Å². The zero-order valence-corrected chi connectivity index (χ0v) is 7.92. The molecule has 1 aliphatic heterocycles. The predicted octanol–water partition coefficient (Wildman–Crippen LogP) is 1.19. The quantitative estimate of drug-likeness (QED) is 0.639. The zero-order valence-electron chi connectivity index (χ0n) is 7.92. The number of nitrogens with one attached hydrogen (secondary N) is 1. The zero-order chi connectivity index (χ0) is 9.31. The Morgan fingerprint density at radius 2 is 2.38 bits per heavy atom. The molecule has 0 aromatic rings. The van der Waals surface area contributed by atoms with Gasteiger partial charge in [0, 0.05) is 24.7 Å². The van der Waals surface area contributed by atoms with Gasteiger partial charge in [-0.15, -0.1) is 0 Å². The highest BCUT2D eigenvalue weighted by Crippen LogP contribution is 2.42. The fourth-order valence-electron chi connectivity index (χ4n) is 1.26. The van der Waals surface area contributed by atoms with Gasteiger partial charge < -0.3 is 5.32 Å². The summed E-state index contributed by atoms with van der Waals surface area (Å²) in [6.45, 7) is 3.69. The molecule has 1 aliphatic carbocycles. The minimum absolute atomic E-state index is 0.0632. The minimum Gasteiger partial charge on any atom is -0.336 e. The van der Waals surface area contributed by atoms with Gasteiger partial charge in [-0.2, -0.15) is 5.10 Å². The highest BCUT2D eigenvalue weighted by atomic mass is 16.2. The molecule has 2 amide bonds. The van der Waals surface area contributed by atoms with Gasteiger partial charge in [0.1, 0.15) is 0 Å². The van der Waals surface area contributed by atoms with Crippen LogP contribution in [0.1, 0.15) is 26.2 Å². The van der Waals surface area contributed by atoms with Crippen molar-refractivity contribution in [2.45, 2.75) is 26.2 Å². The summed E-state index contributed by atoms with van der Waals surface area (Å²) in [5.74, 6) is 0. The molecule has 0 bridgehead atoms. The lowest BCUT2D eigenvalue weighted by atomic mass is 10.2. The van der Waals surface area contributed by atoms with Crippen LogP contribution in [0.25, 0.3) is 0 Å². The molecule has 0 aromatic carbocycles. The van der Waals surface area contributed by atoms with Gasteiger partial charge in [-0.3, -0.25) is 0 Å². The lowest BCUT2D eigenvalue weighted by Gasteiger charge is -2.22. The van der Waals surface area contributed by atoms with E-state index in [0.717, 1.165) is 19.5 Å². The number of hydrogen-bond donors (Lipinski definition) is 1. The van der Waals surface area contributed by atoms with Crippen molar-refractivity contribution in [1.82, 2.24) is 10.3 Å². The summed E-state index contributed by atoms with van der Waals surface area (Å²) in [5, 5.41) is 8.48. The van der Waals surface area contributed by atoms with Crippen LogP contribution in [0.15, 0.2) is 5.10 Å². The Balaban J connectivity index is 1.92. The molecule has 1 heterocycles. The van der Waals surface area contributed by atoms with Crippen molar-refractivity contribution in [1.29, 1.82) is 0 Å². The second-order valence-corrected chi connectivity index (χ2v) is 4.11. The van der Waals surface area contributed by atoms with Gasteiger partial charge in [0.25, 0.3) is 0 Å². The number of hydrogen-bond acceptors (Lipinski definition) is 2. The van der Waals surface area contributed by atoms with Gasteiger partial charge >= 0.3 is 6.03 Å². The highest BCUT2D eigenvalue weighted by Gasteiger charge is 2.35. The highest BCUT2D eigenvalue weighted by molar-refractivity contribution is 5.77.